The zero-order chi connectivity index (χ0) is 35.6. The number of hydrogen-bond donors (Lipinski definition) is 0. The van der Waals surface area contributed by atoms with Crippen LogP contribution in [0.5, 0.6) is 0 Å². The Labute approximate surface area is 307 Å². The number of aromatic nitrogens is 5. The number of para-hydroxylation sites is 3. The van der Waals surface area contributed by atoms with E-state index in [1.165, 1.54) is 38.0 Å². The second-order valence-electron chi connectivity index (χ2n) is 13.6. The highest BCUT2D eigenvalue weighted by atomic mass is 15.0. The van der Waals surface area contributed by atoms with Crippen molar-refractivity contribution in [2.45, 2.75) is 13.8 Å². The van der Waals surface area contributed by atoms with Gasteiger partial charge in [0.25, 0.3) is 0 Å². The lowest BCUT2D eigenvalue weighted by Crippen LogP contribution is -1.98. The van der Waals surface area contributed by atoms with Crippen molar-refractivity contribution >= 4 is 66.7 Å². The van der Waals surface area contributed by atoms with Gasteiger partial charge in [-0.05, 0) is 92.2 Å². The van der Waals surface area contributed by atoms with Crippen molar-refractivity contribution in [3.05, 3.63) is 175 Å². The molecule has 0 fully saturated rings. The molecule has 0 spiro atoms. The van der Waals surface area contributed by atoms with Crippen molar-refractivity contribution in [1.29, 1.82) is 0 Å². The predicted molar refractivity (Wildman–Crippen MR) is 223 cm³/mol. The van der Waals surface area contributed by atoms with Crippen LogP contribution in [0.3, 0.4) is 0 Å². The normalized spacial score (nSPS) is 12.0. The van der Waals surface area contributed by atoms with Crippen molar-refractivity contribution < 1.29 is 0 Å². The van der Waals surface area contributed by atoms with E-state index in [0.717, 1.165) is 61.7 Å². The van der Waals surface area contributed by atoms with E-state index in [0.29, 0.717) is 0 Å². The molecule has 252 valence electrons. The third-order valence-corrected chi connectivity index (χ3v) is 10.6. The van der Waals surface area contributed by atoms with Crippen molar-refractivity contribution in [2.24, 2.45) is 0 Å². The molecule has 0 saturated carbocycles. The Hall–Kier alpha value is -6.98. The van der Waals surface area contributed by atoms with E-state index in [-0.39, 0.29) is 0 Å². The van der Waals surface area contributed by atoms with Gasteiger partial charge in [0.2, 0.25) is 0 Å². The summed E-state index contributed by atoms with van der Waals surface area (Å²) in [4.78, 5) is 8.77. The van der Waals surface area contributed by atoms with Gasteiger partial charge in [0.05, 0.1) is 39.0 Å². The van der Waals surface area contributed by atoms with E-state index in [2.05, 4.69) is 190 Å². The van der Waals surface area contributed by atoms with Crippen LogP contribution in [0.2, 0.25) is 0 Å². The molecule has 0 aliphatic carbocycles. The van der Waals surface area contributed by atoms with Crippen LogP contribution < -0.4 is 0 Å². The quantitative estimate of drug-likeness (QED) is 0.175. The van der Waals surface area contributed by atoms with Gasteiger partial charge in [0, 0.05) is 61.3 Å². The van der Waals surface area contributed by atoms with Gasteiger partial charge in [-0.25, -0.2) is 9.97 Å². The number of hydrogen-bond acceptors (Lipinski definition) is 2. The molecule has 6 aromatic carbocycles. The van der Waals surface area contributed by atoms with E-state index in [9.17, 15) is 0 Å². The molecule has 53 heavy (non-hydrogen) atoms. The number of nitrogens with zero attached hydrogens (tertiary/aromatic N) is 5. The summed E-state index contributed by atoms with van der Waals surface area (Å²) in [6.45, 7) is 8.33. The van der Waals surface area contributed by atoms with E-state index in [4.69, 9.17) is 0 Å². The van der Waals surface area contributed by atoms with E-state index in [1.807, 2.05) is 12.3 Å². The topological polar surface area (TPSA) is 40.6 Å². The molecule has 5 heteroatoms. The highest BCUT2D eigenvalue weighted by Crippen LogP contribution is 2.39. The summed E-state index contributed by atoms with van der Waals surface area (Å²) in [5, 5.41) is 6.05. The summed E-state index contributed by atoms with van der Waals surface area (Å²) < 4.78 is 7.15. The summed E-state index contributed by atoms with van der Waals surface area (Å²) in [7, 11) is 0. The zero-order valence-corrected chi connectivity index (χ0v) is 29.5. The van der Waals surface area contributed by atoms with Crippen molar-refractivity contribution in [1.82, 2.24) is 23.7 Å². The maximum absolute atomic E-state index is 4.57. The van der Waals surface area contributed by atoms with Crippen LogP contribution in [0.25, 0.3) is 95.0 Å². The Balaban J connectivity index is 1.26. The van der Waals surface area contributed by atoms with Crippen LogP contribution in [-0.4, -0.2) is 23.7 Å². The van der Waals surface area contributed by atoms with Crippen LogP contribution in [0.1, 0.15) is 23.7 Å². The fourth-order valence-corrected chi connectivity index (χ4v) is 8.33. The molecule has 5 nitrogen and oxygen atoms in total. The van der Waals surface area contributed by atoms with Crippen molar-refractivity contribution in [2.75, 3.05) is 0 Å². The van der Waals surface area contributed by atoms with Gasteiger partial charge in [-0.3, -0.25) is 0 Å². The highest BCUT2D eigenvalue weighted by molar-refractivity contribution is 6.13. The average Bonchev–Trinajstić information content (AvgIpc) is 3.83. The minimum Gasteiger partial charge on any atom is -0.309 e. The van der Waals surface area contributed by atoms with Crippen LogP contribution in [0, 0.1) is 6.92 Å². The molecular weight excluding hydrogens is 647 g/mol. The van der Waals surface area contributed by atoms with Crippen molar-refractivity contribution in [3.63, 3.8) is 0 Å². The van der Waals surface area contributed by atoms with Crippen molar-refractivity contribution in [3.8, 4) is 28.3 Å². The molecule has 0 unspecified atom stereocenters. The lowest BCUT2D eigenvalue weighted by atomic mass is 10.1. The molecule has 10 rings (SSSR count). The number of aryl methyl sites for hydroxylation is 1. The lowest BCUT2D eigenvalue weighted by Gasteiger charge is -2.12. The zero-order valence-electron chi connectivity index (χ0n) is 29.5. The van der Waals surface area contributed by atoms with Gasteiger partial charge in [0.15, 0.2) is 0 Å². The Bertz CT molecular complexity index is 3040. The first-order valence-electron chi connectivity index (χ1n) is 18.0. The molecule has 0 saturated heterocycles. The molecular formula is C48H35N5. The number of rotatable bonds is 6. The van der Waals surface area contributed by atoms with Gasteiger partial charge in [-0.1, -0.05) is 85.5 Å². The Morgan fingerprint density at radius 1 is 0.547 bits per heavy atom. The first kappa shape index (κ1) is 30.8. The lowest BCUT2D eigenvalue weighted by molar-refractivity contribution is 1.11. The van der Waals surface area contributed by atoms with Gasteiger partial charge in [-0.2, -0.15) is 0 Å². The SMILES string of the molecule is C=Cc1c(/C=C\C)n(-c2ccc3c(c2)c2cc(-n4c5ccccc5c5ccccc54)ccc2n3-c2ccc(-c3ncncc3C)cc2)c2ccccc12. The van der Waals surface area contributed by atoms with E-state index in [1.54, 1.807) is 6.33 Å². The molecule has 10 aromatic rings. The number of fused-ring (bicyclic) bond motifs is 7. The summed E-state index contributed by atoms with van der Waals surface area (Å²) in [5.41, 5.74) is 14.5. The highest BCUT2D eigenvalue weighted by Gasteiger charge is 2.20. The second kappa shape index (κ2) is 12.1. The maximum atomic E-state index is 4.57. The summed E-state index contributed by atoms with van der Waals surface area (Å²) >= 11 is 0. The fraction of sp³-hybridized carbons (Fsp3) is 0.0417. The molecule has 0 atom stereocenters. The molecule has 4 heterocycles. The molecule has 0 aliphatic rings. The molecule has 0 N–H and O–H groups in total. The Morgan fingerprint density at radius 2 is 1.06 bits per heavy atom. The third kappa shape index (κ3) is 4.64. The van der Waals surface area contributed by atoms with E-state index < -0.39 is 0 Å². The summed E-state index contributed by atoms with van der Waals surface area (Å²) in [6.07, 6.45) is 9.74. The van der Waals surface area contributed by atoms with Crippen LogP contribution >= 0.6 is 0 Å². The molecule has 0 amide bonds. The number of benzene rings is 6. The third-order valence-electron chi connectivity index (χ3n) is 10.6. The largest absolute Gasteiger partial charge is 0.309 e. The smallest absolute Gasteiger partial charge is 0.116 e. The van der Waals surface area contributed by atoms with Gasteiger partial charge in [0.1, 0.15) is 6.33 Å². The Morgan fingerprint density at radius 3 is 1.64 bits per heavy atom. The predicted octanol–water partition coefficient (Wildman–Crippen LogP) is 12.3. The van der Waals surface area contributed by atoms with Crippen LogP contribution in [0.4, 0.5) is 0 Å². The molecule has 0 bridgehead atoms. The summed E-state index contributed by atoms with van der Waals surface area (Å²) in [6, 6.07) is 48.5. The van der Waals surface area contributed by atoms with Crippen LogP contribution in [-0.2, 0) is 0 Å². The average molecular weight is 682 g/mol. The molecule has 0 radical (unpaired) electrons. The Kier molecular flexibility index (Phi) is 7.02. The molecule has 4 aromatic heterocycles. The first-order chi connectivity index (χ1) is 26.1. The first-order valence-corrected chi connectivity index (χ1v) is 18.0. The van der Waals surface area contributed by atoms with Gasteiger partial charge in [-0.15, -0.1) is 0 Å². The minimum atomic E-state index is 0.948. The second-order valence-corrected chi connectivity index (χ2v) is 13.6. The van der Waals surface area contributed by atoms with E-state index >= 15 is 0 Å². The summed E-state index contributed by atoms with van der Waals surface area (Å²) in [5.74, 6) is 0. The minimum absolute atomic E-state index is 0.948. The molecule has 0 aliphatic heterocycles. The monoisotopic (exact) mass is 681 g/mol. The maximum Gasteiger partial charge on any atom is 0.116 e. The van der Waals surface area contributed by atoms with Gasteiger partial charge >= 0.3 is 0 Å². The van der Waals surface area contributed by atoms with Crippen LogP contribution in [0.15, 0.2) is 159 Å². The standard InChI is InChI=1S/C48H35N5/c1-4-12-42-36(5-2)37-13-6-9-16-43(37)52(42)34-23-25-46-40(27-34)41-28-35(53-44-17-10-7-14-38(44)39-15-8-11-18-45(39)53)24-26-47(41)51(46)33-21-19-32(20-22-33)48-31(3)29-49-30-50-48/h4-30H,2H2,1,3H3/b12-4-. The number of allylic oxidation sites excluding steroid dienone is 1. The fourth-order valence-electron chi connectivity index (χ4n) is 8.33. The van der Waals surface area contributed by atoms with Gasteiger partial charge < -0.3 is 13.7 Å².